The summed E-state index contributed by atoms with van der Waals surface area (Å²) < 4.78 is 13.7. The van der Waals surface area contributed by atoms with Gasteiger partial charge in [-0.25, -0.2) is 4.68 Å². The van der Waals surface area contributed by atoms with Crippen LogP contribution < -0.4 is 5.32 Å². The number of amides is 1. The molecule has 2 heterocycles. The van der Waals surface area contributed by atoms with Crippen LogP contribution in [0.3, 0.4) is 0 Å². The molecule has 1 N–H and O–H groups in total. The summed E-state index contributed by atoms with van der Waals surface area (Å²) in [6, 6.07) is 11.6. The van der Waals surface area contributed by atoms with Gasteiger partial charge in [0, 0.05) is 22.4 Å². The number of anilines is 1. The molecule has 1 aliphatic rings. The molecule has 9 heteroatoms. The monoisotopic (exact) mass is 410 g/mol. The lowest BCUT2D eigenvalue weighted by atomic mass is 10.1. The number of carbonyl (C=O) groups is 1. The Labute approximate surface area is 169 Å². The Morgan fingerprint density at radius 2 is 1.97 bits per heavy atom. The molecule has 1 unspecified atom stereocenters. The summed E-state index contributed by atoms with van der Waals surface area (Å²) in [5, 5.41) is 18.7. The predicted octanol–water partition coefficient (Wildman–Crippen LogP) is 3.41. The summed E-state index contributed by atoms with van der Waals surface area (Å²) in [4.78, 5) is 23.6. The molecule has 8 nitrogen and oxygen atoms in total. The van der Waals surface area contributed by atoms with Gasteiger partial charge in [0.1, 0.15) is 11.4 Å². The Balaban J connectivity index is 1.80. The molecule has 0 bridgehead atoms. The van der Waals surface area contributed by atoms with E-state index in [1.54, 1.807) is 10.7 Å². The number of para-hydroxylation sites is 1. The molecule has 148 valence electrons. The minimum Gasteiger partial charge on any atom is -0.306 e. The van der Waals surface area contributed by atoms with Crippen molar-refractivity contribution < 1.29 is 13.9 Å². The second-order valence-electron chi connectivity index (χ2n) is 6.93. The van der Waals surface area contributed by atoms with E-state index in [2.05, 4.69) is 10.4 Å². The number of nitrogens with zero attached hydrogens (tertiary/aromatic N) is 3. The average Bonchev–Trinajstić information content (AvgIpc) is 3.18. The molecule has 3 aromatic rings. The number of fused-ring (bicyclic) bond motifs is 1. The first-order valence-electron chi connectivity index (χ1n) is 8.93. The third kappa shape index (κ3) is 3.44. The Morgan fingerprint density at radius 1 is 1.21 bits per heavy atom. The van der Waals surface area contributed by atoms with Gasteiger partial charge in [0.25, 0.3) is 11.6 Å². The highest BCUT2D eigenvalue weighted by Gasteiger charge is 2.30. The summed E-state index contributed by atoms with van der Waals surface area (Å²) in [7, 11) is -1.08. The third-order valence-electron chi connectivity index (χ3n) is 4.83. The molecule has 2 aromatic carbocycles. The summed E-state index contributed by atoms with van der Waals surface area (Å²) in [6.07, 6.45) is 0. The fourth-order valence-corrected chi connectivity index (χ4v) is 4.74. The van der Waals surface area contributed by atoms with Gasteiger partial charge < -0.3 is 5.32 Å². The van der Waals surface area contributed by atoms with Crippen molar-refractivity contribution in [2.45, 2.75) is 25.4 Å². The first kappa shape index (κ1) is 19.0. The molecule has 0 aliphatic carbocycles. The van der Waals surface area contributed by atoms with Gasteiger partial charge in [-0.3, -0.25) is 19.1 Å². The number of hydrogen-bond acceptors (Lipinski definition) is 5. The van der Waals surface area contributed by atoms with Gasteiger partial charge in [-0.15, -0.1) is 0 Å². The molecule has 0 spiro atoms. The lowest BCUT2D eigenvalue weighted by Crippen LogP contribution is -2.18. The van der Waals surface area contributed by atoms with E-state index in [1.165, 1.54) is 18.2 Å². The molecule has 1 aromatic heterocycles. The molecule has 0 saturated heterocycles. The fourth-order valence-electron chi connectivity index (χ4n) is 3.47. The molecule has 1 atom stereocenters. The number of aryl methyl sites for hydroxylation is 2. The number of nitro groups is 1. The van der Waals surface area contributed by atoms with Gasteiger partial charge in [0.05, 0.1) is 27.8 Å². The van der Waals surface area contributed by atoms with Crippen LogP contribution in [-0.4, -0.2) is 24.8 Å². The van der Waals surface area contributed by atoms with Crippen LogP contribution in [0.5, 0.6) is 0 Å². The summed E-state index contributed by atoms with van der Waals surface area (Å²) in [5.74, 6) is 0.401. The van der Waals surface area contributed by atoms with Gasteiger partial charge in [-0.2, -0.15) is 5.10 Å². The van der Waals surface area contributed by atoms with Gasteiger partial charge in [0.15, 0.2) is 0 Å². The van der Waals surface area contributed by atoms with Crippen molar-refractivity contribution in [1.29, 1.82) is 0 Å². The normalized spacial score (nSPS) is 15.2. The van der Waals surface area contributed by atoms with Crippen LogP contribution in [0.4, 0.5) is 11.5 Å². The van der Waals surface area contributed by atoms with Gasteiger partial charge in [0.2, 0.25) is 0 Å². The number of nitro benzene ring substituents is 1. The SMILES string of the molecule is Cc1ccc(-n2nc3c(c2NC(=O)c2ccccc2[N+](=O)[O-])CS(=O)C3)c(C)c1. The number of rotatable bonds is 4. The first-order chi connectivity index (χ1) is 13.8. The molecule has 4 rings (SSSR count). The highest BCUT2D eigenvalue weighted by atomic mass is 32.2. The maximum Gasteiger partial charge on any atom is 0.282 e. The van der Waals surface area contributed by atoms with Crippen molar-refractivity contribution in [2.75, 3.05) is 5.32 Å². The molecule has 0 radical (unpaired) electrons. The van der Waals surface area contributed by atoms with E-state index in [4.69, 9.17) is 0 Å². The van der Waals surface area contributed by atoms with Crippen molar-refractivity contribution in [3.8, 4) is 5.69 Å². The molecular formula is C20H18N4O4S. The fraction of sp³-hybridized carbons (Fsp3) is 0.200. The molecular weight excluding hydrogens is 392 g/mol. The Bertz CT molecular complexity index is 1190. The van der Waals surface area contributed by atoms with Crippen molar-refractivity contribution in [3.05, 3.63) is 80.5 Å². The zero-order valence-electron chi connectivity index (χ0n) is 15.8. The van der Waals surface area contributed by atoms with Crippen LogP contribution in [0.25, 0.3) is 5.69 Å². The highest BCUT2D eigenvalue weighted by molar-refractivity contribution is 7.83. The maximum absolute atomic E-state index is 12.9. The van der Waals surface area contributed by atoms with Crippen LogP contribution in [0, 0.1) is 24.0 Å². The summed E-state index contributed by atoms with van der Waals surface area (Å²) >= 11 is 0. The van der Waals surface area contributed by atoms with E-state index in [1.807, 2.05) is 32.0 Å². The molecule has 1 aliphatic heterocycles. The molecule has 0 fully saturated rings. The maximum atomic E-state index is 12.9. The van der Waals surface area contributed by atoms with E-state index in [9.17, 15) is 19.1 Å². The van der Waals surface area contributed by atoms with Crippen molar-refractivity contribution in [1.82, 2.24) is 9.78 Å². The number of benzene rings is 2. The van der Waals surface area contributed by atoms with Crippen LogP contribution >= 0.6 is 0 Å². The Morgan fingerprint density at radius 3 is 2.69 bits per heavy atom. The summed E-state index contributed by atoms with van der Waals surface area (Å²) in [6.45, 7) is 3.93. The lowest BCUT2D eigenvalue weighted by molar-refractivity contribution is -0.385. The minimum atomic E-state index is -1.08. The number of aromatic nitrogens is 2. The Hall–Kier alpha value is -3.33. The smallest absolute Gasteiger partial charge is 0.282 e. The molecule has 29 heavy (non-hydrogen) atoms. The standard InChI is InChI=1S/C20H18N4O4S/c1-12-7-8-17(13(2)9-12)23-19(15-10-29(28)11-16(15)22-23)21-20(25)14-5-3-4-6-18(14)24(26)27/h3-9H,10-11H2,1-2H3,(H,21,25). The predicted molar refractivity (Wildman–Crippen MR) is 110 cm³/mol. The highest BCUT2D eigenvalue weighted by Crippen LogP contribution is 2.33. The second kappa shape index (κ2) is 7.25. The second-order valence-corrected chi connectivity index (χ2v) is 8.39. The quantitative estimate of drug-likeness (QED) is 0.524. The van der Waals surface area contributed by atoms with Crippen LogP contribution in [0.1, 0.15) is 32.7 Å². The van der Waals surface area contributed by atoms with E-state index in [-0.39, 0.29) is 17.0 Å². The zero-order valence-corrected chi connectivity index (χ0v) is 16.7. The number of nitrogens with one attached hydrogen (secondary N) is 1. The van der Waals surface area contributed by atoms with Crippen molar-refractivity contribution in [3.63, 3.8) is 0 Å². The molecule has 0 saturated carbocycles. The minimum absolute atomic E-state index is 0.0428. The third-order valence-corrected chi connectivity index (χ3v) is 6.03. The van der Waals surface area contributed by atoms with Crippen LogP contribution in [-0.2, 0) is 22.3 Å². The van der Waals surface area contributed by atoms with Gasteiger partial charge in [-0.1, -0.05) is 29.8 Å². The zero-order chi connectivity index (χ0) is 20.7. The summed E-state index contributed by atoms with van der Waals surface area (Å²) in [5.41, 5.74) is 3.90. The lowest BCUT2D eigenvalue weighted by Gasteiger charge is -2.13. The first-order valence-corrected chi connectivity index (χ1v) is 10.4. The van der Waals surface area contributed by atoms with E-state index >= 15 is 0 Å². The van der Waals surface area contributed by atoms with Crippen molar-refractivity contribution >= 4 is 28.2 Å². The van der Waals surface area contributed by atoms with Crippen molar-refractivity contribution in [2.24, 2.45) is 0 Å². The van der Waals surface area contributed by atoms with Crippen LogP contribution in [0.2, 0.25) is 0 Å². The number of carbonyl (C=O) groups excluding carboxylic acids is 1. The average molecular weight is 410 g/mol. The Kier molecular flexibility index (Phi) is 4.75. The van der Waals surface area contributed by atoms with E-state index < -0.39 is 21.6 Å². The largest absolute Gasteiger partial charge is 0.306 e. The van der Waals surface area contributed by atoms with Gasteiger partial charge in [-0.05, 0) is 31.5 Å². The van der Waals surface area contributed by atoms with Crippen LogP contribution in [0.15, 0.2) is 42.5 Å². The van der Waals surface area contributed by atoms with E-state index in [0.29, 0.717) is 22.8 Å². The molecule has 1 amide bonds. The van der Waals surface area contributed by atoms with Gasteiger partial charge >= 0.3 is 0 Å². The van der Waals surface area contributed by atoms with E-state index in [0.717, 1.165) is 16.8 Å². The number of hydrogen-bond donors (Lipinski definition) is 1. The topological polar surface area (TPSA) is 107 Å².